The third kappa shape index (κ3) is 5.31. The number of hydrogen-bond acceptors (Lipinski definition) is 4. The Bertz CT molecular complexity index is 1280. The van der Waals surface area contributed by atoms with Crippen molar-refractivity contribution >= 4 is 23.4 Å². The van der Waals surface area contributed by atoms with Crippen molar-refractivity contribution in [1.82, 2.24) is 10.2 Å². The second-order valence-corrected chi connectivity index (χ2v) is 9.19. The molecule has 3 aromatic carbocycles. The van der Waals surface area contributed by atoms with E-state index in [0.29, 0.717) is 52.7 Å². The molecule has 0 spiro atoms. The quantitative estimate of drug-likeness (QED) is 0.493. The molecule has 0 unspecified atom stereocenters. The lowest BCUT2D eigenvalue weighted by molar-refractivity contribution is 0.0671. The molecule has 1 fully saturated rings. The Morgan fingerprint density at radius 1 is 1.03 bits per heavy atom. The molecule has 1 aliphatic rings. The Hall–Kier alpha value is -3.58. The summed E-state index contributed by atoms with van der Waals surface area (Å²) in [7, 11) is 3.06. The number of likely N-dealkylation sites (tertiary alicyclic amines) is 1. The van der Waals surface area contributed by atoms with Crippen LogP contribution in [0.1, 0.15) is 44.2 Å². The smallest absolute Gasteiger partial charge is 0.254 e. The molecule has 36 heavy (non-hydrogen) atoms. The van der Waals surface area contributed by atoms with Gasteiger partial charge >= 0.3 is 0 Å². The summed E-state index contributed by atoms with van der Waals surface area (Å²) < 4.78 is 24.7. The van der Waals surface area contributed by atoms with Crippen LogP contribution in [0.3, 0.4) is 0 Å². The van der Waals surface area contributed by atoms with E-state index in [2.05, 4.69) is 5.32 Å². The van der Waals surface area contributed by atoms with Crippen molar-refractivity contribution in [2.24, 2.45) is 0 Å². The highest BCUT2D eigenvalue weighted by atomic mass is 35.5. The maximum atomic E-state index is 14.0. The highest BCUT2D eigenvalue weighted by molar-refractivity contribution is 6.33. The summed E-state index contributed by atoms with van der Waals surface area (Å²) in [5.41, 5.74) is 2.22. The number of benzene rings is 3. The minimum absolute atomic E-state index is 0.157. The molecule has 1 aliphatic heterocycles. The highest BCUT2D eigenvalue weighted by Crippen LogP contribution is 2.32. The lowest BCUT2D eigenvalue weighted by Gasteiger charge is -2.39. The van der Waals surface area contributed by atoms with Crippen LogP contribution in [-0.2, 0) is 0 Å². The number of rotatable bonds is 6. The molecule has 0 aliphatic carbocycles. The lowest BCUT2D eigenvalue weighted by atomic mass is 9.84. The minimum atomic E-state index is -0.301. The first-order valence-corrected chi connectivity index (χ1v) is 12.0. The molecule has 3 aromatic rings. The second-order valence-electron chi connectivity index (χ2n) is 8.78. The van der Waals surface area contributed by atoms with Gasteiger partial charge in [0.1, 0.15) is 5.82 Å². The van der Waals surface area contributed by atoms with Gasteiger partial charge in [0.05, 0.1) is 24.8 Å². The molecule has 1 N–H and O–H groups in total. The zero-order chi connectivity index (χ0) is 25.8. The highest BCUT2D eigenvalue weighted by Gasteiger charge is 2.34. The molecular weight excluding hydrogens is 483 g/mol. The van der Waals surface area contributed by atoms with Crippen LogP contribution in [0.2, 0.25) is 5.02 Å². The van der Waals surface area contributed by atoms with E-state index in [4.69, 9.17) is 21.1 Å². The Kier molecular flexibility index (Phi) is 7.79. The number of aryl methyl sites for hydroxylation is 1. The first-order valence-electron chi connectivity index (χ1n) is 11.6. The molecule has 0 aromatic heterocycles. The fourth-order valence-electron chi connectivity index (χ4n) is 4.59. The number of nitrogens with zero attached hydrogens (tertiary/aromatic N) is 1. The largest absolute Gasteiger partial charge is 0.493 e. The molecule has 1 heterocycles. The Balaban J connectivity index is 1.61. The number of methoxy groups -OCH3 is 2. The average molecular weight is 511 g/mol. The van der Waals surface area contributed by atoms with Gasteiger partial charge in [0.25, 0.3) is 11.8 Å². The zero-order valence-electron chi connectivity index (χ0n) is 20.4. The number of ether oxygens (including phenoxy) is 2. The van der Waals surface area contributed by atoms with Crippen molar-refractivity contribution in [3.63, 3.8) is 0 Å². The molecule has 0 saturated carbocycles. The number of hydrogen-bond donors (Lipinski definition) is 1. The maximum absolute atomic E-state index is 14.0. The SMILES string of the molecule is COc1ccc(C(=O)N2CC[C@@H](NC(=O)c3ccccc3Cl)[C@H](c3ccc(F)c(C)c3)C2)cc1OC. The Morgan fingerprint density at radius 2 is 1.78 bits per heavy atom. The van der Waals surface area contributed by atoms with Gasteiger partial charge in [0.15, 0.2) is 11.5 Å². The van der Waals surface area contributed by atoms with Crippen molar-refractivity contribution in [2.45, 2.75) is 25.3 Å². The van der Waals surface area contributed by atoms with Crippen LogP contribution in [0.4, 0.5) is 4.39 Å². The van der Waals surface area contributed by atoms with Gasteiger partial charge in [-0.05, 0) is 60.9 Å². The molecule has 6 nitrogen and oxygen atoms in total. The van der Waals surface area contributed by atoms with Crippen LogP contribution in [0.15, 0.2) is 60.7 Å². The van der Waals surface area contributed by atoms with Gasteiger partial charge in [-0.15, -0.1) is 0 Å². The van der Waals surface area contributed by atoms with Crippen LogP contribution in [0.25, 0.3) is 0 Å². The average Bonchev–Trinajstić information content (AvgIpc) is 2.89. The van der Waals surface area contributed by atoms with Crippen molar-refractivity contribution in [1.29, 1.82) is 0 Å². The van der Waals surface area contributed by atoms with E-state index in [9.17, 15) is 14.0 Å². The number of carbonyl (C=O) groups excluding carboxylic acids is 2. The second kappa shape index (κ2) is 11.0. The molecule has 2 amide bonds. The van der Waals surface area contributed by atoms with Gasteiger partial charge < -0.3 is 19.7 Å². The molecule has 0 radical (unpaired) electrons. The van der Waals surface area contributed by atoms with E-state index in [1.165, 1.54) is 20.3 Å². The first kappa shape index (κ1) is 25.5. The van der Waals surface area contributed by atoms with Crippen molar-refractivity contribution in [2.75, 3.05) is 27.3 Å². The maximum Gasteiger partial charge on any atom is 0.254 e. The van der Waals surface area contributed by atoms with Crippen LogP contribution in [-0.4, -0.2) is 50.1 Å². The van der Waals surface area contributed by atoms with Gasteiger partial charge in [-0.2, -0.15) is 0 Å². The van der Waals surface area contributed by atoms with Crippen LogP contribution >= 0.6 is 11.6 Å². The summed E-state index contributed by atoms with van der Waals surface area (Å²) in [6.07, 6.45) is 0.524. The topological polar surface area (TPSA) is 67.9 Å². The monoisotopic (exact) mass is 510 g/mol. The third-order valence-corrected chi connectivity index (χ3v) is 6.91. The van der Waals surface area contributed by atoms with Crippen LogP contribution < -0.4 is 14.8 Å². The Morgan fingerprint density at radius 3 is 2.47 bits per heavy atom. The van der Waals surface area contributed by atoms with E-state index in [1.807, 2.05) is 0 Å². The fourth-order valence-corrected chi connectivity index (χ4v) is 4.81. The standard InChI is InChI=1S/C28H28ClFN2O4/c1-17-14-18(8-10-23(17)30)21-16-32(28(34)19-9-11-25(35-2)26(15-19)36-3)13-12-24(21)31-27(33)20-6-4-5-7-22(20)29/h4-11,14-15,21,24H,12-13,16H2,1-3H3,(H,31,33)/t21-,24+/m0/s1. The van der Waals surface area contributed by atoms with Gasteiger partial charge in [0, 0.05) is 30.6 Å². The number of halogens is 2. The van der Waals surface area contributed by atoms with E-state index < -0.39 is 0 Å². The molecule has 4 rings (SSSR count). The van der Waals surface area contributed by atoms with Crippen molar-refractivity contribution in [3.8, 4) is 11.5 Å². The summed E-state index contributed by atoms with van der Waals surface area (Å²) in [6.45, 7) is 2.49. The molecule has 0 bridgehead atoms. The van der Waals surface area contributed by atoms with Gasteiger partial charge in [-0.3, -0.25) is 9.59 Å². The lowest BCUT2D eigenvalue weighted by Crippen LogP contribution is -2.51. The fraction of sp³-hybridized carbons (Fsp3) is 0.286. The van der Waals surface area contributed by atoms with Gasteiger partial charge in [-0.25, -0.2) is 4.39 Å². The minimum Gasteiger partial charge on any atom is -0.493 e. The summed E-state index contributed by atoms with van der Waals surface area (Å²) in [5, 5.41) is 3.47. The Labute approximate surface area is 215 Å². The molecule has 2 atom stereocenters. The van der Waals surface area contributed by atoms with E-state index in [0.717, 1.165) is 5.56 Å². The predicted octanol–water partition coefficient (Wildman–Crippen LogP) is 5.23. The summed E-state index contributed by atoms with van der Waals surface area (Å²) in [4.78, 5) is 28.2. The molecule has 188 valence electrons. The summed E-state index contributed by atoms with van der Waals surface area (Å²) in [5.74, 6) is 0.0217. The van der Waals surface area contributed by atoms with Gasteiger partial charge in [-0.1, -0.05) is 35.9 Å². The van der Waals surface area contributed by atoms with E-state index >= 15 is 0 Å². The number of carbonyl (C=O) groups is 2. The zero-order valence-corrected chi connectivity index (χ0v) is 21.1. The van der Waals surface area contributed by atoms with Crippen molar-refractivity contribution < 1.29 is 23.5 Å². The number of amides is 2. The van der Waals surface area contributed by atoms with Crippen LogP contribution in [0, 0.1) is 12.7 Å². The number of nitrogens with one attached hydrogen (secondary N) is 1. The molecular formula is C28H28ClFN2O4. The first-order chi connectivity index (χ1) is 17.3. The predicted molar refractivity (Wildman–Crippen MR) is 137 cm³/mol. The third-order valence-electron chi connectivity index (χ3n) is 6.58. The van der Waals surface area contributed by atoms with Crippen molar-refractivity contribution in [3.05, 3.63) is 93.8 Å². The number of piperidine rings is 1. The molecule has 1 saturated heterocycles. The van der Waals surface area contributed by atoms with Crippen LogP contribution in [0.5, 0.6) is 11.5 Å². The summed E-state index contributed by atoms with van der Waals surface area (Å²) in [6, 6.07) is 16.6. The molecule has 8 heteroatoms. The van der Waals surface area contributed by atoms with E-state index in [-0.39, 0.29) is 29.6 Å². The van der Waals surface area contributed by atoms with E-state index in [1.54, 1.807) is 66.4 Å². The van der Waals surface area contributed by atoms with Gasteiger partial charge in [0.2, 0.25) is 0 Å². The normalized spacial score (nSPS) is 17.4. The summed E-state index contributed by atoms with van der Waals surface area (Å²) >= 11 is 6.23.